The summed E-state index contributed by atoms with van der Waals surface area (Å²) in [4.78, 5) is 16.7. The highest BCUT2D eigenvalue weighted by Gasteiger charge is 2.34. The topological polar surface area (TPSA) is 49.6 Å². The molecule has 2 aliphatic rings. The molecule has 104 valence electrons. The van der Waals surface area contributed by atoms with Crippen LogP contribution in [0, 0.1) is 17.8 Å². The molecular formula is C14H27N3O. The van der Waals surface area contributed by atoms with E-state index in [1.807, 2.05) is 11.9 Å². The lowest BCUT2D eigenvalue weighted by atomic mass is 9.94. The summed E-state index contributed by atoms with van der Waals surface area (Å²) in [5.74, 6) is 1.60. The summed E-state index contributed by atoms with van der Waals surface area (Å²) in [7, 11) is 4.12. The highest BCUT2D eigenvalue weighted by molar-refractivity contribution is 5.79. The molecule has 1 heterocycles. The van der Waals surface area contributed by atoms with Crippen molar-refractivity contribution in [3.05, 3.63) is 0 Å². The van der Waals surface area contributed by atoms with Crippen LogP contribution in [0.2, 0.25) is 0 Å². The van der Waals surface area contributed by atoms with Crippen molar-refractivity contribution in [2.75, 3.05) is 40.3 Å². The average Bonchev–Trinajstić information content (AvgIpc) is 2.96. The summed E-state index contributed by atoms with van der Waals surface area (Å²) in [5.41, 5.74) is 5.77. The molecule has 2 rings (SSSR count). The molecule has 3 unspecified atom stereocenters. The van der Waals surface area contributed by atoms with Crippen molar-refractivity contribution in [2.24, 2.45) is 23.5 Å². The minimum absolute atomic E-state index is 0.194. The Morgan fingerprint density at radius 3 is 2.78 bits per heavy atom. The van der Waals surface area contributed by atoms with E-state index in [1.165, 1.54) is 13.0 Å². The van der Waals surface area contributed by atoms with E-state index < -0.39 is 0 Å². The van der Waals surface area contributed by atoms with Crippen molar-refractivity contribution in [2.45, 2.75) is 25.7 Å². The number of nitrogens with two attached hydrogens (primary N) is 1. The summed E-state index contributed by atoms with van der Waals surface area (Å²) in [6.45, 7) is 3.87. The summed E-state index contributed by atoms with van der Waals surface area (Å²) in [6.07, 6.45) is 4.56. The first-order valence-electron chi connectivity index (χ1n) is 7.25. The number of carbonyl (C=O) groups excluding carboxylic acids is 1. The zero-order valence-electron chi connectivity index (χ0n) is 11.8. The number of hydrogen-bond donors (Lipinski definition) is 1. The lowest BCUT2D eigenvalue weighted by Gasteiger charge is -2.26. The van der Waals surface area contributed by atoms with Gasteiger partial charge in [0.25, 0.3) is 0 Å². The van der Waals surface area contributed by atoms with E-state index in [4.69, 9.17) is 5.73 Å². The molecule has 0 aromatic rings. The van der Waals surface area contributed by atoms with Crippen LogP contribution in [-0.2, 0) is 4.79 Å². The maximum Gasteiger partial charge on any atom is 0.225 e. The van der Waals surface area contributed by atoms with Gasteiger partial charge in [-0.3, -0.25) is 4.79 Å². The van der Waals surface area contributed by atoms with E-state index in [9.17, 15) is 4.79 Å². The molecule has 1 aliphatic heterocycles. The third-order valence-corrected chi connectivity index (χ3v) is 4.68. The first kappa shape index (κ1) is 13.8. The Kier molecular flexibility index (Phi) is 4.62. The Morgan fingerprint density at radius 1 is 1.39 bits per heavy atom. The third-order valence-electron chi connectivity index (χ3n) is 4.68. The molecule has 0 aromatic carbocycles. The molecule has 2 N–H and O–H groups in total. The quantitative estimate of drug-likeness (QED) is 0.805. The minimum atomic E-state index is 0.194. The molecule has 0 radical (unpaired) electrons. The number of amides is 1. The summed E-state index contributed by atoms with van der Waals surface area (Å²) in [6, 6.07) is 0. The van der Waals surface area contributed by atoms with E-state index in [0.29, 0.717) is 24.3 Å². The van der Waals surface area contributed by atoms with Gasteiger partial charge in [-0.2, -0.15) is 0 Å². The Bertz CT molecular complexity index is 295. The summed E-state index contributed by atoms with van der Waals surface area (Å²) >= 11 is 0. The zero-order valence-corrected chi connectivity index (χ0v) is 11.8. The molecule has 1 amide bonds. The van der Waals surface area contributed by atoms with Crippen molar-refractivity contribution >= 4 is 5.91 Å². The molecule has 3 atom stereocenters. The standard InChI is InChI=1S/C14H27N3O/c1-16-7-6-11(9-16)10-17(2)14(18)13-5-3-4-12(13)8-15/h11-13H,3-10,15H2,1-2H3. The maximum absolute atomic E-state index is 12.4. The van der Waals surface area contributed by atoms with Gasteiger partial charge in [0.15, 0.2) is 0 Å². The minimum Gasteiger partial charge on any atom is -0.345 e. The van der Waals surface area contributed by atoms with Gasteiger partial charge in [0, 0.05) is 26.1 Å². The Labute approximate surface area is 110 Å². The van der Waals surface area contributed by atoms with Crippen molar-refractivity contribution in [1.82, 2.24) is 9.80 Å². The van der Waals surface area contributed by atoms with E-state index >= 15 is 0 Å². The number of rotatable bonds is 4. The van der Waals surface area contributed by atoms with Crippen molar-refractivity contribution in [3.8, 4) is 0 Å². The van der Waals surface area contributed by atoms with E-state index in [1.54, 1.807) is 0 Å². The van der Waals surface area contributed by atoms with E-state index in [-0.39, 0.29) is 5.92 Å². The van der Waals surface area contributed by atoms with Crippen molar-refractivity contribution in [3.63, 3.8) is 0 Å². The number of hydrogen-bond acceptors (Lipinski definition) is 3. The molecule has 18 heavy (non-hydrogen) atoms. The molecule has 4 nitrogen and oxygen atoms in total. The molecule has 4 heteroatoms. The fourth-order valence-electron chi connectivity index (χ4n) is 3.58. The van der Waals surface area contributed by atoms with Crippen molar-refractivity contribution < 1.29 is 4.79 Å². The molecule has 0 bridgehead atoms. The van der Waals surface area contributed by atoms with Gasteiger partial charge in [-0.25, -0.2) is 0 Å². The Balaban J connectivity index is 1.84. The van der Waals surface area contributed by atoms with Gasteiger partial charge >= 0.3 is 0 Å². The highest BCUT2D eigenvalue weighted by atomic mass is 16.2. The second-order valence-electron chi connectivity index (χ2n) is 6.17. The third kappa shape index (κ3) is 3.04. The largest absolute Gasteiger partial charge is 0.345 e. The van der Waals surface area contributed by atoms with Crippen LogP contribution in [0.1, 0.15) is 25.7 Å². The van der Waals surface area contributed by atoms with Crippen LogP contribution >= 0.6 is 0 Å². The van der Waals surface area contributed by atoms with E-state index in [0.717, 1.165) is 32.4 Å². The molecule has 2 fully saturated rings. The fraction of sp³-hybridized carbons (Fsp3) is 0.929. The number of carbonyl (C=O) groups is 1. The molecule has 0 aromatic heterocycles. The average molecular weight is 253 g/mol. The zero-order chi connectivity index (χ0) is 13.1. The number of likely N-dealkylation sites (tertiary alicyclic amines) is 1. The van der Waals surface area contributed by atoms with Crippen LogP contribution in [0.25, 0.3) is 0 Å². The Hall–Kier alpha value is -0.610. The van der Waals surface area contributed by atoms with Crippen LogP contribution in [0.15, 0.2) is 0 Å². The van der Waals surface area contributed by atoms with Gasteiger partial charge in [-0.05, 0) is 51.2 Å². The SMILES string of the molecule is CN1CCC(CN(C)C(=O)C2CCCC2CN)C1. The van der Waals surface area contributed by atoms with Crippen LogP contribution < -0.4 is 5.73 Å². The van der Waals surface area contributed by atoms with Crippen LogP contribution in [0.5, 0.6) is 0 Å². The molecule has 1 saturated heterocycles. The number of nitrogens with zero attached hydrogens (tertiary/aromatic N) is 2. The van der Waals surface area contributed by atoms with Gasteiger partial charge in [-0.1, -0.05) is 6.42 Å². The summed E-state index contributed by atoms with van der Waals surface area (Å²) in [5, 5.41) is 0. The first-order chi connectivity index (χ1) is 8.61. The lowest BCUT2D eigenvalue weighted by Crippen LogP contribution is -2.39. The van der Waals surface area contributed by atoms with Crippen molar-refractivity contribution in [1.29, 1.82) is 0 Å². The van der Waals surface area contributed by atoms with Gasteiger partial charge in [0.2, 0.25) is 5.91 Å². The molecule has 1 saturated carbocycles. The smallest absolute Gasteiger partial charge is 0.225 e. The second kappa shape index (κ2) is 6.02. The van der Waals surface area contributed by atoms with Crippen LogP contribution in [0.3, 0.4) is 0 Å². The molecule has 1 aliphatic carbocycles. The second-order valence-corrected chi connectivity index (χ2v) is 6.17. The van der Waals surface area contributed by atoms with Gasteiger partial charge < -0.3 is 15.5 Å². The molecule has 0 spiro atoms. The van der Waals surface area contributed by atoms with Crippen LogP contribution in [0.4, 0.5) is 0 Å². The summed E-state index contributed by atoms with van der Waals surface area (Å²) < 4.78 is 0. The molecular weight excluding hydrogens is 226 g/mol. The highest BCUT2D eigenvalue weighted by Crippen LogP contribution is 2.32. The fourth-order valence-corrected chi connectivity index (χ4v) is 3.58. The van der Waals surface area contributed by atoms with Crippen LogP contribution in [-0.4, -0.2) is 56.0 Å². The van der Waals surface area contributed by atoms with Gasteiger partial charge in [-0.15, -0.1) is 0 Å². The lowest BCUT2D eigenvalue weighted by molar-refractivity contribution is -0.135. The predicted molar refractivity (Wildman–Crippen MR) is 73.1 cm³/mol. The normalized spacial score (nSPS) is 32.9. The van der Waals surface area contributed by atoms with Gasteiger partial charge in [0.05, 0.1) is 0 Å². The van der Waals surface area contributed by atoms with Gasteiger partial charge in [0.1, 0.15) is 0 Å². The first-order valence-corrected chi connectivity index (χ1v) is 7.25. The Morgan fingerprint density at radius 2 is 2.17 bits per heavy atom. The monoisotopic (exact) mass is 253 g/mol. The predicted octanol–water partition coefficient (Wildman–Crippen LogP) is 0.772. The maximum atomic E-state index is 12.4. The van der Waals surface area contributed by atoms with E-state index in [2.05, 4.69) is 11.9 Å².